The number of rotatable bonds is 1. The fourth-order valence-corrected chi connectivity index (χ4v) is 1.25. The second-order valence-electron chi connectivity index (χ2n) is 3.08. The van der Waals surface area contributed by atoms with E-state index in [2.05, 4.69) is 4.85 Å². The summed E-state index contributed by atoms with van der Waals surface area (Å²) < 4.78 is 0. The van der Waals surface area contributed by atoms with Gasteiger partial charge in [0.15, 0.2) is 0 Å². The highest BCUT2D eigenvalue weighted by atomic mass is 16.3. The molecule has 1 heterocycles. The van der Waals surface area contributed by atoms with Gasteiger partial charge in [0, 0.05) is 13.1 Å². The van der Waals surface area contributed by atoms with Crippen LogP contribution in [0.2, 0.25) is 0 Å². The van der Waals surface area contributed by atoms with E-state index in [9.17, 15) is 5.11 Å². The van der Waals surface area contributed by atoms with Gasteiger partial charge in [0.05, 0.1) is 0 Å². The number of hydrazine groups is 1. The van der Waals surface area contributed by atoms with Crippen molar-refractivity contribution in [1.29, 1.82) is 0 Å². The predicted molar refractivity (Wildman–Crippen MR) is 41.4 cm³/mol. The van der Waals surface area contributed by atoms with Gasteiger partial charge in [0.2, 0.25) is 6.54 Å². The van der Waals surface area contributed by atoms with E-state index in [1.165, 1.54) is 0 Å². The van der Waals surface area contributed by atoms with E-state index in [4.69, 9.17) is 12.4 Å². The molecule has 0 unspecified atom stereocenters. The fraction of sp³-hybridized carbons (Fsp3) is 0.857. The van der Waals surface area contributed by atoms with E-state index in [0.29, 0.717) is 25.9 Å². The quantitative estimate of drug-likeness (QED) is 0.400. The summed E-state index contributed by atoms with van der Waals surface area (Å²) in [5.74, 6) is 5.50. The Morgan fingerprint density at radius 2 is 2.09 bits per heavy atom. The van der Waals surface area contributed by atoms with Crippen LogP contribution in [0.25, 0.3) is 4.85 Å². The first-order valence-electron chi connectivity index (χ1n) is 3.71. The van der Waals surface area contributed by atoms with Gasteiger partial charge < -0.3 is 9.95 Å². The smallest absolute Gasteiger partial charge is 0.243 e. The number of nitrogens with zero attached hydrogens (tertiary/aromatic N) is 2. The van der Waals surface area contributed by atoms with Crippen molar-refractivity contribution in [3.8, 4) is 0 Å². The molecule has 1 saturated heterocycles. The molecule has 62 valence electrons. The summed E-state index contributed by atoms with van der Waals surface area (Å²) in [7, 11) is 0. The van der Waals surface area contributed by atoms with Crippen LogP contribution in [0.15, 0.2) is 0 Å². The van der Waals surface area contributed by atoms with Crippen LogP contribution >= 0.6 is 0 Å². The normalized spacial score (nSPS) is 24.5. The third kappa shape index (κ3) is 2.15. The van der Waals surface area contributed by atoms with Gasteiger partial charge in [0.1, 0.15) is 5.60 Å². The molecule has 0 aromatic heterocycles. The van der Waals surface area contributed by atoms with Crippen LogP contribution in [0.3, 0.4) is 0 Å². The van der Waals surface area contributed by atoms with E-state index in [0.717, 1.165) is 0 Å². The van der Waals surface area contributed by atoms with Crippen LogP contribution < -0.4 is 5.84 Å². The van der Waals surface area contributed by atoms with Crippen LogP contribution in [-0.4, -0.2) is 35.4 Å². The Morgan fingerprint density at radius 1 is 1.55 bits per heavy atom. The van der Waals surface area contributed by atoms with E-state index in [-0.39, 0.29) is 6.54 Å². The summed E-state index contributed by atoms with van der Waals surface area (Å²) in [4.78, 5) is 3.20. The summed E-state index contributed by atoms with van der Waals surface area (Å²) in [6, 6.07) is 0. The lowest BCUT2D eigenvalue weighted by Crippen LogP contribution is -2.48. The van der Waals surface area contributed by atoms with Crippen molar-refractivity contribution >= 4 is 0 Å². The molecular formula is C7H13N3O. The third-order valence-corrected chi connectivity index (χ3v) is 2.10. The van der Waals surface area contributed by atoms with E-state index >= 15 is 0 Å². The molecule has 0 aromatic carbocycles. The van der Waals surface area contributed by atoms with Crippen molar-refractivity contribution in [3.63, 3.8) is 0 Å². The Morgan fingerprint density at radius 3 is 2.55 bits per heavy atom. The van der Waals surface area contributed by atoms with Crippen molar-refractivity contribution in [3.05, 3.63) is 11.4 Å². The molecule has 1 fully saturated rings. The highest BCUT2D eigenvalue weighted by Crippen LogP contribution is 2.20. The van der Waals surface area contributed by atoms with Gasteiger partial charge in [0.25, 0.3) is 0 Å². The first-order chi connectivity index (χ1) is 5.16. The van der Waals surface area contributed by atoms with Gasteiger partial charge >= 0.3 is 0 Å². The average Bonchev–Trinajstić information content (AvgIpc) is 1.97. The molecule has 0 radical (unpaired) electrons. The summed E-state index contributed by atoms with van der Waals surface area (Å²) in [6.45, 7) is 8.22. The standard InChI is InChI=1S/C7H13N3O/c1-9-6-7(11)2-4-10(8)5-3-7/h11H,2-6,8H2. The SMILES string of the molecule is [C-]#[N+]CC1(O)CCN(N)CC1. The molecule has 0 amide bonds. The van der Waals surface area contributed by atoms with Crippen LogP contribution in [0.1, 0.15) is 12.8 Å². The second kappa shape index (κ2) is 3.18. The lowest BCUT2D eigenvalue weighted by Gasteiger charge is -2.32. The Labute approximate surface area is 66.4 Å². The third-order valence-electron chi connectivity index (χ3n) is 2.10. The van der Waals surface area contributed by atoms with E-state index in [1.54, 1.807) is 5.01 Å². The lowest BCUT2D eigenvalue weighted by atomic mass is 9.92. The molecular weight excluding hydrogens is 142 g/mol. The van der Waals surface area contributed by atoms with Crippen LogP contribution in [-0.2, 0) is 0 Å². The van der Waals surface area contributed by atoms with Crippen molar-refractivity contribution in [2.24, 2.45) is 5.84 Å². The maximum absolute atomic E-state index is 9.69. The molecule has 1 aliphatic rings. The molecule has 0 saturated carbocycles. The summed E-state index contributed by atoms with van der Waals surface area (Å²) in [5, 5.41) is 11.4. The second-order valence-corrected chi connectivity index (χ2v) is 3.08. The Hall–Kier alpha value is -0.630. The first-order valence-corrected chi connectivity index (χ1v) is 3.71. The van der Waals surface area contributed by atoms with E-state index < -0.39 is 5.60 Å². The number of hydrogen-bond donors (Lipinski definition) is 2. The van der Waals surface area contributed by atoms with Gasteiger partial charge in [-0.05, 0) is 12.8 Å². The molecule has 0 spiro atoms. The topological polar surface area (TPSA) is 53.8 Å². The number of hydrogen-bond acceptors (Lipinski definition) is 3. The zero-order valence-corrected chi connectivity index (χ0v) is 6.45. The maximum Gasteiger partial charge on any atom is 0.243 e. The minimum Gasteiger partial charge on any atom is -0.382 e. The monoisotopic (exact) mass is 155 g/mol. The predicted octanol–water partition coefficient (Wildman–Crippen LogP) is -0.394. The summed E-state index contributed by atoms with van der Waals surface area (Å²) >= 11 is 0. The molecule has 1 aliphatic heterocycles. The molecule has 4 nitrogen and oxygen atoms in total. The van der Waals surface area contributed by atoms with Gasteiger partial charge in [-0.2, -0.15) is 0 Å². The van der Waals surface area contributed by atoms with Crippen LogP contribution in [0.4, 0.5) is 0 Å². The number of aliphatic hydroxyl groups is 1. The molecule has 0 aliphatic carbocycles. The van der Waals surface area contributed by atoms with Gasteiger partial charge in [-0.1, -0.05) is 0 Å². The molecule has 4 heteroatoms. The van der Waals surface area contributed by atoms with Crippen molar-refractivity contribution in [1.82, 2.24) is 5.01 Å². The Kier molecular flexibility index (Phi) is 2.45. The fourth-order valence-electron chi connectivity index (χ4n) is 1.25. The van der Waals surface area contributed by atoms with Crippen LogP contribution in [0.5, 0.6) is 0 Å². The number of piperidine rings is 1. The minimum absolute atomic E-state index is 0.209. The molecule has 3 N–H and O–H groups in total. The summed E-state index contributed by atoms with van der Waals surface area (Å²) in [6.07, 6.45) is 1.23. The van der Waals surface area contributed by atoms with Crippen molar-refractivity contribution in [2.75, 3.05) is 19.6 Å². The Balaban J connectivity index is 2.43. The minimum atomic E-state index is -0.766. The van der Waals surface area contributed by atoms with Gasteiger partial charge in [-0.25, -0.2) is 11.6 Å². The van der Waals surface area contributed by atoms with Crippen LogP contribution in [0, 0.1) is 6.57 Å². The zero-order chi connectivity index (χ0) is 8.32. The molecule has 0 aromatic rings. The molecule has 0 atom stereocenters. The van der Waals surface area contributed by atoms with Crippen molar-refractivity contribution in [2.45, 2.75) is 18.4 Å². The average molecular weight is 155 g/mol. The lowest BCUT2D eigenvalue weighted by molar-refractivity contribution is -0.00780. The molecule has 0 bridgehead atoms. The maximum atomic E-state index is 9.69. The van der Waals surface area contributed by atoms with Crippen molar-refractivity contribution < 1.29 is 5.11 Å². The van der Waals surface area contributed by atoms with E-state index in [1.807, 2.05) is 0 Å². The highest BCUT2D eigenvalue weighted by Gasteiger charge is 2.34. The highest BCUT2D eigenvalue weighted by molar-refractivity contribution is 4.90. The largest absolute Gasteiger partial charge is 0.382 e. The van der Waals surface area contributed by atoms with Gasteiger partial charge in [-0.3, -0.25) is 5.84 Å². The first kappa shape index (κ1) is 8.47. The Bertz CT molecular complexity index is 167. The number of nitrogens with two attached hydrogens (primary N) is 1. The molecule has 11 heavy (non-hydrogen) atoms. The zero-order valence-electron chi connectivity index (χ0n) is 6.45. The van der Waals surface area contributed by atoms with Gasteiger partial charge in [-0.15, -0.1) is 0 Å². The molecule has 1 rings (SSSR count). The summed E-state index contributed by atoms with van der Waals surface area (Å²) in [5.41, 5.74) is -0.766.